The molecule has 0 saturated carbocycles. The molecule has 0 fully saturated rings. The Morgan fingerprint density at radius 1 is 1.00 bits per heavy atom. The van der Waals surface area contributed by atoms with Crippen molar-refractivity contribution in [3.63, 3.8) is 0 Å². The average molecular weight is 356 g/mol. The Kier molecular flexibility index (Phi) is 7.02. The molecular formula is C20H24N2O4. The van der Waals surface area contributed by atoms with Crippen LogP contribution < -0.4 is 19.7 Å². The highest BCUT2D eigenvalue weighted by atomic mass is 16.5. The minimum atomic E-state index is -0.233. The number of hydrogen-bond donors (Lipinski definition) is 1. The van der Waals surface area contributed by atoms with Crippen LogP contribution in [0.1, 0.15) is 12.5 Å². The van der Waals surface area contributed by atoms with Gasteiger partial charge in [0.25, 0.3) is 5.91 Å². The topological polar surface area (TPSA) is 67.9 Å². The highest BCUT2D eigenvalue weighted by molar-refractivity contribution is 5.91. The van der Waals surface area contributed by atoms with Crippen LogP contribution in [-0.4, -0.2) is 38.6 Å². The van der Waals surface area contributed by atoms with Crippen LogP contribution in [0.25, 0.3) is 0 Å². The lowest BCUT2D eigenvalue weighted by molar-refractivity contribution is -0.123. The molecule has 0 heterocycles. The van der Waals surface area contributed by atoms with Crippen LogP contribution >= 0.6 is 0 Å². The molecule has 6 nitrogen and oxygen atoms in total. The second kappa shape index (κ2) is 9.46. The summed E-state index contributed by atoms with van der Waals surface area (Å²) < 4.78 is 10.5. The number of hydrogen-bond acceptors (Lipinski definition) is 4. The number of benzene rings is 2. The van der Waals surface area contributed by atoms with Crippen molar-refractivity contribution in [3.8, 4) is 11.5 Å². The summed E-state index contributed by atoms with van der Waals surface area (Å²) in [7, 11) is 1.59. The molecule has 6 heteroatoms. The van der Waals surface area contributed by atoms with Crippen LogP contribution in [0, 0.1) is 6.92 Å². The standard InChI is InChI=1S/C20H24N2O4/c1-15-4-8-19(9-5-15)26-14-20(24)21-12-13-22(16(2)23)17-6-10-18(25-3)11-7-17/h4-11H,12-14H2,1-3H3,(H,21,24). The maximum atomic E-state index is 11.9. The molecule has 1 N–H and O–H groups in total. The van der Waals surface area contributed by atoms with E-state index in [1.165, 1.54) is 6.92 Å². The van der Waals surface area contributed by atoms with E-state index in [0.29, 0.717) is 18.8 Å². The van der Waals surface area contributed by atoms with Crippen LogP contribution in [0.15, 0.2) is 48.5 Å². The van der Waals surface area contributed by atoms with Crippen molar-refractivity contribution < 1.29 is 19.1 Å². The zero-order valence-corrected chi connectivity index (χ0v) is 15.3. The number of nitrogens with one attached hydrogen (secondary N) is 1. The molecule has 0 bridgehead atoms. The zero-order valence-electron chi connectivity index (χ0n) is 15.3. The number of carbonyl (C=O) groups excluding carboxylic acids is 2. The van der Waals surface area contributed by atoms with E-state index in [-0.39, 0.29) is 18.4 Å². The van der Waals surface area contributed by atoms with Crippen molar-refractivity contribution in [1.82, 2.24) is 5.32 Å². The van der Waals surface area contributed by atoms with E-state index in [4.69, 9.17) is 9.47 Å². The van der Waals surface area contributed by atoms with E-state index in [0.717, 1.165) is 17.0 Å². The van der Waals surface area contributed by atoms with Crippen LogP contribution in [0.2, 0.25) is 0 Å². The number of nitrogens with zero attached hydrogens (tertiary/aromatic N) is 1. The lowest BCUT2D eigenvalue weighted by atomic mass is 10.2. The molecule has 26 heavy (non-hydrogen) atoms. The fraction of sp³-hybridized carbons (Fsp3) is 0.300. The first-order valence-electron chi connectivity index (χ1n) is 8.38. The molecule has 0 unspecified atom stereocenters. The monoisotopic (exact) mass is 356 g/mol. The molecule has 0 aliphatic carbocycles. The van der Waals surface area contributed by atoms with E-state index in [1.807, 2.05) is 43.3 Å². The van der Waals surface area contributed by atoms with Gasteiger partial charge in [-0.1, -0.05) is 17.7 Å². The fourth-order valence-corrected chi connectivity index (χ4v) is 2.37. The SMILES string of the molecule is COc1ccc(N(CCNC(=O)COc2ccc(C)cc2)C(C)=O)cc1. The molecule has 0 spiro atoms. The number of carbonyl (C=O) groups is 2. The van der Waals surface area contributed by atoms with E-state index in [9.17, 15) is 9.59 Å². The third-order valence-corrected chi connectivity index (χ3v) is 3.81. The molecule has 2 amide bonds. The summed E-state index contributed by atoms with van der Waals surface area (Å²) in [6, 6.07) is 14.7. The minimum absolute atomic E-state index is 0.0638. The quantitative estimate of drug-likeness (QED) is 0.789. The van der Waals surface area contributed by atoms with E-state index in [2.05, 4.69) is 5.32 Å². The Hall–Kier alpha value is -3.02. The van der Waals surface area contributed by atoms with Gasteiger partial charge in [-0.25, -0.2) is 0 Å². The molecule has 0 aliphatic heterocycles. The Balaban J connectivity index is 1.80. The fourth-order valence-electron chi connectivity index (χ4n) is 2.37. The molecule has 138 valence electrons. The lowest BCUT2D eigenvalue weighted by Gasteiger charge is -2.21. The third kappa shape index (κ3) is 5.81. The Bertz CT molecular complexity index is 726. The number of aryl methyl sites for hydroxylation is 1. The largest absolute Gasteiger partial charge is 0.497 e. The summed E-state index contributed by atoms with van der Waals surface area (Å²) in [6.45, 7) is 4.12. The molecule has 2 aromatic carbocycles. The summed E-state index contributed by atoms with van der Waals surface area (Å²) in [5.41, 5.74) is 1.88. The summed E-state index contributed by atoms with van der Waals surface area (Å²) in [5, 5.41) is 2.76. The van der Waals surface area contributed by atoms with E-state index < -0.39 is 0 Å². The van der Waals surface area contributed by atoms with E-state index in [1.54, 1.807) is 24.1 Å². The maximum Gasteiger partial charge on any atom is 0.258 e. The minimum Gasteiger partial charge on any atom is -0.497 e. The van der Waals surface area contributed by atoms with Gasteiger partial charge in [0.05, 0.1) is 7.11 Å². The highest BCUT2D eigenvalue weighted by Gasteiger charge is 2.12. The first-order valence-corrected chi connectivity index (χ1v) is 8.38. The molecule has 0 saturated heterocycles. The maximum absolute atomic E-state index is 11.9. The van der Waals surface area contributed by atoms with Crippen LogP contribution in [0.5, 0.6) is 11.5 Å². The normalized spacial score (nSPS) is 10.1. The van der Waals surface area contributed by atoms with Crippen molar-refractivity contribution >= 4 is 17.5 Å². The van der Waals surface area contributed by atoms with Crippen molar-refractivity contribution in [2.45, 2.75) is 13.8 Å². The average Bonchev–Trinajstić information content (AvgIpc) is 2.64. The summed E-state index contributed by atoms with van der Waals surface area (Å²) in [5.74, 6) is 1.04. The second-order valence-electron chi connectivity index (χ2n) is 5.82. The number of amides is 2. The van der Waals surface area contributed by atoms with Crippen molar-refractivity contribution in [3.05, 3.63) is 54.1 Å². The van der Waals surface area contributed by atoms with Gasteiger partial charge in [0.2, 0.25) is 5.91 Å². The molecule has 0 aromatic heterocycles. The molecular weight excluding hydrogens is 332 g/mol. The van der Waals surface area contributed by atoms with Gasteiger partial charge in [-0.05, 0) is 43.3 Å². The van der Waals surface area contributed by atoms with Crippen molar-refractivity contribution in [2.24, 2.45) is 0 Å². The summed E-state index contributed by atoms with van der Waals surface area (Å²) in [6.07, 6.45) is 0. The predicted molar refractivity (Wildman–Crippen MR) is 101 cm³/mol. The smallest absolute Gasteiger partial charge is 0.258 e. The highest BCUT2D eigenvalue weighted by Crippen LogP contribution is 2.19. The number of anilines is 1. The molecule has 0 aliphatic rings. The molecule has 2 aromatic rings. The Labute approximate surface area is 153 Å². The summed E-state index contributed by atoms with van der Waals surface area (Å²) >= 11 is 0. The first-order chi connectivity index (χ1) is 12.5. The van der Waals surface area contributed by atoms with E-state index >= 15 is 0 Å². The van der Waals surface area contributed by atoms with Gasteiger partial charge in [-0.2, -0.15) is 0 Å². The van der Waals surface area contributed by atoms with Gasteiger partial charge in [0.15, 0.2) is 6.61 Å². The Morgan fingerprint density at radius 2 is 1.62 bits per heavy atom. The van der Waals surface area contributed by atoms with Gasteiger partial charge >= 0.3 is 0 Å². The van der Waals surface area contributed by atoms with Gasteiger partial charge in [0, 0.05) is 25.7 Å². The summed E-state index contributed by atoms with van der Waals surface area (Å²) in [4.78, 5) is 25.4. The van der Waals surface area contributed by atoms with Gasteiger partial charge in [-0.15, -0.1) is 0 Å². The number of rotatable bonds is 8. The van der Waals surface area contributed by atoms with Crippen molar-refractivity contribution in [1.29, 1.82) is 0 Å². The molecule has 0 radical (unpaired) electrons. The van der Waals surface area contributed by atoms with Crippen LogP contribution in [0.4, 0.5) is 5.69 Å². The van der Waals surface area contributed by atoms with Crippen molar-refractivity contribution in [2.75, 3.05) is 31.7 Å². The third-order valence-electron chi connectivity index (χ3n) is 3.81. The predicted octanol–water partition coefficient (Wildman–Crippen LogP) is 2.55. The Morgan fingerprint density at radius 3 is 2.19 bits per heavy atom. The molecule has 0 atom stereocenters. The zero-order chi connectivity index (χ0) is 18.9. The van der Waals surface area contributed by atoms with Crippen LogP contribution in [0.3, 0.4) is 0 Å². The van der Waals surface area contributed by atoms with Gasteiger partial charge in [0.1, 0.15) is 11.5 Å². The first kappa shape index (κ1) is 19.3. The van der Waals surface area contributed by atoms with Crippen LogP contribution in [-0.2, 0) is 9.59 Å². The second-order valence-corrected chi connectivity index (χ2v) is 5.82. The molecule has 2 rings (SSSR count). The lowest BCUT2D eigenvalue weighted by Crippen LogP contribution is -2.39. The van der Waals surface area contributed by atoms with Gasteiger partial charge < -0.3 is 19.7 Å². The van der Waals surface area contributed by atoms with Gasteiger partial charge in [-0.3, -0.25) is 9.59 Å². The number of ether oxygens (including phenoxy) is 2. The number of methoxy groups -OCH3 is 1.